The predicted molar refractivity (Wildman–Crippen MR) is 90.7 cm³/mol. The molecule has 0 radical (unpaired) electrons. The highest BCUT2D eigenvalue weighted by Crippen LogP contribution is 2.34. The summed E-state index contributed by atoms with van der Waals surface area (Å²) in [7, 11) is 0. The van der Waals surface area contributed by atoms with Crippen molar-refractivity contribution in [3.8, 4) is 0 Å². The molecule has 2 rings (SSSR count). The molecule has 1 unspecified atom stereocenters. The average molecular weight is 353 g/mol. The maximum absolute atomic E-state index is 10.7. The normalized spacial score (nSPS) is 13.2. The van der Waals surface area contributed by atoms with Gasteiger partial charge in [-0.1, -0.05) is 45.9 Å². The molecule has 1 aromatic carbocycles. The zero-order chi connectivity index (χ0) is 14.9. The van der Waals surface area contributed by atoms with Crippen LogP contribution in [0.3, 0.4) is 0 Å². The third kappa shape index (κ3) is 3.33. The number of thiophene rings is 1. The molecule has 0 aliphatic carbocycles. The maximum Gasteiger partial charge on any atom is 0.105 e. The van der Waals surface area contributed by atoms with Crippen LogP contribution in [0.15, 0.2) is 33.4 Å². The van der Waals surface area contributed by atoms with Gasteiger partial charge >= 0.3 is 0 Å². The van der Waals surface area contributed by atoms with E-state index in [1.165, 1.54) is 11.1 Å². The average Bonchev–Trinajstić information content (AvgIpc) is 2.83. The van der Waals surface area contributed by atoms with E-state index in [0.717, 1.165) is 14.9 Å². The molecule has 108 valence electrons. The highest BCUT2D eigenvalue weighted by atomic mass is 79.9. The molecule has 0 fully saturated rings. The Bertz CT molecular complexity index is 586. The Balaban J connectivity index is 2.45. The van der Waals surface area contributed by atoms with Crippen LogP contribution < -0.4 is 0 Å². The summed E-state index contributed by atoms with van der Waals surface area (Å²) in [4.78, 5) is 0. The number of aliphatic hydroxyl groups excluding tert-OH is 1. The van der Waals surface area contributed by atoms with Gasteiger partial charge in [0.2, 0.25) is 0 Å². The third-order valence-electron chi connectivity index (χ3n) is 3.60. The van der Waals surface area contributed by atoms with E-state index in [9.17, 15) is 5.11 Å². The Kier molecular flexibility index (Phi) is 5.05. The van der Waals surface area contributed by atoms with Crippen LogP contribution >= 0.6 is 27.3 Å². The van der Waals surface area contributed by atoms with Crippen LogP contribution in [0.2, 0.25) is 0 Å². The number of halogens is 1. The summed E-state index contributed by atoms with van der Waals surface area (Å²) in [5.74, 6) is 0.911. The molecule has 1 atom stereocenters. The SMILES string of the molecule is CC(C)c1ccc(C(O)c2csc(Br)c2)c(C(C)C)c1. The minimum absolute atomic E-state index is 0.403. The molecule has 1 N–H and O–H groups in total. The molecule has 2 aromatic rings. The Morgan fingerprint density at radius 1 is 0.950 bits per heavy atom. The lowest BCUT2D eigenvalue weighted by Crippen LogP contribution is -2.05. The maximum atomic E-state index is 10.7. The molecular formula is C17H21BrOS. The van der Waals surface area contributed by atoms with Gasteiger partial charge in [-0.2, -0.15) is 0 Å². The topological polar surface area (TPSA) is 20.2 Å². The lowest BCUT2D eigenvalue weighted by Gasteiger charge is -2.19. The molecular weight excluding hydrogens is 332 g/mol. The van der Waals surface area contributed by atoms with E-state index in [1.807, 2.05) is 11.4 Å². The molecule has 1 heterocycles. The number of hydrogen-bond donors (Lipinski definition) is 1. The number of aliphatic hydroxyl groups is 1. The summed E-state index contributed by atoms with van der Waals surface area (Å²) >= 11 is 5.06. The van der Waals surface area contributed by atoms with Crippen LogP contribution in [0.4, 0.5) is 0 Å². The van der Waals surface area contributed by atoms with E-state index in [2.05, 4.69) is 61.8 Å². The molecule has 0 saturated heterocycles. The van der Waals surface area contributed by atoms with Crippen molar-refractivity contribution < 1.29 is 5.11 Å². The van der Waals surface area contributed by atoms with Gasteiger partial charge in [0.1, 0.15) is 6.10 Å². The van der Waals surface area contributed by atoms with Crippen molar-refractivity contribution in [1.82, 2.24) is 0 Å². The van der Waals surface area contributed by atoms with Gasteiger partial charge in [-0.05, 0) is 61.5 Å². The molecule has 1 aromatic heterocycles. The van der Waals surface area contributed by atoms with Gasteiger partial charge in [-0.25, -0.2) is 0 Å². The smallest absolute Gasteiger partial charge is 0.105 e. The van der Waals surface area contributed by atoms with Crippen molar-refractivity contribution >= 4 is 27.3 Å². The van der Waals surface area contributed by atoms with Crippen molar-refractivity contribution in [3.05, 3.63) is 55.7 Å². The fourth-order valence-electron chi connectivity index (χ4n) is 2.35. The Labute approximate surface area is 133 Å². The van der Waals surface area contributed by atoms with Crippen LogP contribution in [0.1, 0.15) is 67.9 Å². The van der Waals surface area contributed by atoms with E-state index in [0.29, 0.717) is 11.8 Å². The Morgan fingerprint density at radius 3 is 2.15 bits per heavy atom. The van der Waals surface area contributed by atoms with Gasteiger partial charge < -0.3 is 5.11 Å². The second-order valence-electron chi connectivity index (χ2n) is 5.78. The van der Waals surface area contributed by atoms with Gasteiger partial charge in [-0.3, -0.25) is 0 Å². The zero-order valence-corrected chi connectivity index (χ0v) is 14.8. The van der Waals surface area contributed by atoms with E-state index >= 15 is 0 Å². The summed E-state index contributed by atoms with van der Waals surface area (Å²) in [5.41, 5.74) is 4.55. The van der Waals surface area contributed by atoms with E-state index < -0.39 is 6.10 Å². The summed E-state index contributed by atoms with van der Waals surface area (Å²) in [5, 5.41) is 12.7. The lowest BCUT2D eigenvalue weighted by molar-refractivity contribution is 0.219. The van der Waals surface area contributed by atoms with Gasteiger partial charge in [0.05, 0.1) is 3.79 Å². The van der Waals surface area contributed by atoms with Crippen molar-refractivity contribution in [2.45, 2.75) is 45.6 Å². The van der Waals surface area contributed by atoms with Crippen molar-refractivity contribution in [2.24, 2.45) is 0 Å². The molecule has 0 spiro atoms. The van der Waals surface area contributed by atoms with Gasteiger partial charge in [0.25, 0.3) is 0 Å². The van der Waals surface area contributed by atoms with Crippen molar-refractivity contribution in [2.75, 3.05) is 0 Å². The molecule has 3 heteroatoms. The van der Waals surface area contributed by atoms with Crippen molar-refractivity contribution in [3.63, 3.8) is 0 Å². The van der Waals surface area contributed by atoms with Gasteiger partial charge in [0.15, 0.2) is 0 Å². The van der Waals surface area contributed by atoms with Gasteiger partial charge in [0, 0.05) is 0 Å². The van der Waals surface area contributed by atoms with Crippen molar-refractivity contribution in [1.29, 1.82) is 0 Å². The summed E-state index contributed by atoms with van der Waals surface area (Å²) in [6.45, 7) is 8.76. The van der Waals surface area contributed by atoms with Crippen LogP contribution in [0, 0.1) is 0 Å². The molecule has 0 aliphatic rings. The van der Waals surface area contributed by atoms with E-state index in [-0.39, 0.29) is 0 Å². The fraction of sp³-hybridized carbons (Fsp3) is 0.412. The minimum atomic E-state index is -0.545. The lowest BCUT2D eigenvalue weighted by atomic mass is 9.88. The Hall–Kier alpha value is -0.640. The monoisotopic (exact) mass is 352 g/mol. The fourth-order valence-corrected chi connectivity index (χ4v) is 3.54. The summed E-state index contributed by atoms with van der Waals surface area (Å²) in [6.07, 6.45) is -0.545. The number of hydrogen-bond acceptors (Lipinski definition) is 2. The van der Waals surface area contributed by atoms with Crippen LogP contribution in [-0.2, 0) is 0 Å². The largest absolute Gasteiger partial charge is 0.384 e. The summed E-state index contributed by atoms with van der Waals surface area (Å²) in [6, 6.07) is 8.46. The second-order valence-corrected chi connectivity index (χ2v) is 8.07. The number of rotatable bonds is 4. The zero-order valence-electron chi connectivity index (χ0n) is 12.4. The predicted octanol–water partition coefficient (Wildman–Crippen LogP) is 5.84. The standard InChI is InChI=1S/C17H21BrOS/c1-10(2)12-5-6-14(15(7-12)11(3)4)17(19)13-8-16(18)20-9-13/h5-11,17,19H,1-4H3. The molecule has 1 nitrogen and oxygen atoms in total. The van der Waals surface area contributed by atoms with E-state index in [4.69, 9.17) is 0 Å². The molecule has 20 heavy (non-hydrogen) atoms. The minimum Gasteiger partial charge on any atom is -0.384 e. The van der Waals surface area contributed by atoms with E-state index in [1.54, 1.807) is 11.3 Å². The first-order chi connectivity index (χ1) is 9.40. The second kappa shape index (κ2) is 6.42. The highest BCUT2D eigenvalue weighted by molar-refractivity contribution is 9.11. The first kappa shape index (κ1) is 15.7. The molecule has 0 amide bonds. The molecule has 0 bridgehead atoms. The summed E-state index contributed by atoms with van der Waals surface area (Å²) < 4.78 is 1.05. The van der Waals surface area contributed by atoms with Crippen LogP contribution in [0.25, 0.3) is 0 Å². The highest BCUT2D eigenvalue weighted by Gasteiger charge is 2.18. The first-order valence-electron chi connectivity index (χ1n) is 6.96. The van der Waals surface area contributed by atoms with Crippen LogP contribution in [0.5, 0.6) is 0 Å². The Morgan fingerprint density at radius 2 is 1.65 bits per heavy atom. The van der Waals surface area contributed by atoms with Gasteiger partial charge in [-0.15, -0.1) is 11.3 Å². The van der Waals surface area contributed by atoms with Crippen LogP contribution in [-0.4, -0.2) is 5.11 Å². The first-order valence-corrected chi connectivity index (χ1v) is 8.63. The number of benzene rings is 1. The third-order valence-corrected chi connectivity index (χ3v) is 5.12. The molecule has 0 saturated carbocycles. The molecule has 0 aliphatic heterocycles. The quantitative estimate of drug-likeness (QED) is 0.732.